The van der Waals surface area contributed by atoms with E-state index in [-0.39, 0.29) is 35.8 Å². The molecule has 3 aliphatic rings. The van der Waals surface area contributed by atoms with Crippen molar-refractivity contribution in [2.75, 3.05) is 6.54 Å². The lowest BCUT2D eigenvalue weighted by Gasteiger charge is -2.50. The molecule has 3 aromatic rings. The van der Waals surface area contributed by atoms with Gasteiger partial charge in [-0.2, -0.15) is 0 Å². The van der Waals surface area contributed by atoms with Crippen molar-refractivity contribution in [3.8, 4) is 11.5 Å². The van der Waals surface area contributed by atoms with E-state index in [4.69, 9.17) is 9.47 Å². The molecule has 0 bridgehead atoms. The van der Waals surface area contributed by atoms with E-state index >= 15 is 0 Å². The molecule has 6 rings (SSSR count). The lowest BCUT2D eigenvalue weighted by atomic mass is 9.74. The first-order valence-electron chi connectivity index (χ1n) is 11.9. The molecule has 34 heavy (non-hydrogen) atoms. The molecule has 1 N–H and O–H groups in total. The largest absolute Gasteiger partial charge is 0.504 e. The van der Waals surface area contributed by atoms with Crippen molar-refractivity contribution in [3.05, 3.63) is 77.9 Å². The van der Waals surface area contributed by atoms with Crippen LogP contribution in [-0.4, -0.2) is 49.8 Å². The zero-order valence-electron chi connectivity index (χ0n) is 19.4. The number of aromatic nitrogens is 2. The van der Waals surface area contributed by atoms with E-state index in [0.29, 0.717) is 24.4 Å². The third-order valence-corrected chi connectivity index (χ3v) is 7.61. The van der Waals surface area contributed by atoms with Crippen LogP contribution in [0.5, 0.6) is 11.5 Å². The first-order chi connectivity index (χ1) is 16.4. The molecule has 7 nitrogen and oxygen atoms in total. The molecule has 0 unspecified atom stereocenters. The van der Waals surface area contributed by atoms with Gasteiger partial charge >= 0.3 is 0 Å². The fraction of sp³-hybridized carbons (Fsp3) is 0.407. The van der Waals surface area contributed by atoms with Crippen molar-refractivity contribution < 1.29 is 19.4 Å². The van der Waals surface area contributed by atoms with Gasteiger partial charge in [0, 0.05) is 42.5 Å². The molecular weight excluding hydrogens is 430 g/mol. The van der Waals surface area contributed by atoms with Crippen LogP contribution in [0, 0.1) is 5.92 Å². The summed E-state index contributed by atoms with van der Waals surface area (Å²) in [5.74, 6) is 0.792. The number of nitrogens with zero attached hydrogens (tertiary/aromatic N) is 3. The minimum Gasteiger partial charge on any atom is -0.504 e. The number of fused-ring (bicyclic) bond motifs is 4. The van der Waals surface area contributed by atoms with Gasteiger partial charge in [0.05, 0.1) is 24.6 Å². The van der Waals surface area contributed by atoms with E-state index in [2.05, 4.69) is 4.98 Å². The molecule has 2 fully saturated rings. The van der Waals surface area contributed by atoms with E-state index in [1.54, 1.807) is 18.6 Å². The van der Waals surface area contributed by atoms with Crippen molar-refractivity contribution in [1.29, 1.82) is 0 Å². The van der Waals surface area contributed by atoms with Crippen LogP contribution in [-0.2, 0) is 11.3 Å². The van der Waals surface area contributed by atoms with Crippen LogP contribution >= 0.6 is 0 Å². The minimum absolute atomic E-state index is 0.00721. The first-order valence-corrected chi connectivity index (χ1v) is 11.9. The van der Waals surface area contributed by atoms with Gasteiger partial charge in [-0.25, -0.2) is 4.98 Å². The molecule has 4 atom stereocenters. The highest BCUT2D eigenvalue weighted by atomic mass is 16.5. The number of phenols is 1. The second-order valence-electron chi connectivity index (χ2n) is 10.1. The summed E-state index contributed by atoms with van der Waals surface area (Å²) in [5, 5.41) is 10.4. The standard InChI is InChI=1S/C27H29N3O4/c1-27(2)20-14-21-23(33-24(20)19-7-4-8-22(31)25(19)34-27)9-11-30(21)26(32)18-6-3-5-17(13-18)15-29-12-10-28-16-29/h3-8,10,12-13,16,20-21,23-24,31H,9,11,14-15H2,1-2H3/t20-,21+,23-,24+/m0/s1. The number of ether oxygens (including phenoxy) is 2. The van der Waals surface area contributed by atoms with E-state index in [1.165, 1.54) is 0 Å². The molecule has 176 valence electrons. The number of rotatable bonds is 3. The smallest absolute Gasteiger partial charge is 0.254 e. The average Bonchev–Trinajstić information content (AvgIpc) is 3.48. The van der Waals surface area contributed by atoms with Gasteiger partial charge in [-0.05, 0) is 50.5 Å². The third-order valence-electron chi connectivity index (χ3n) is 7.61. The van der Waals surface area contributed by atoms with Gasteiger partial charge in [0.15, 0.2) is 11.5 Å². The SMILES string of the molecule is CC1(C)Oc2c(O)cccc2[C@H]2O[C@H]3CCN(C(=O)c4cccc(Cn5ccnc5)c4)[C@@H]3C[C@@H]21. The van der Waals surface area contributed by atoms with E-state index in [9.17, 15) is 9.90 Å². The number of hydrogen-bond donors (Lipinski definition) is 1. The summed E-state index contributed by atoms with van der Waals surface area (Å²) >= 11 is 0. The minimum atomic E-state index is -0.524. The highest BCUT2D eigenvalue weighted by Crippen LogP contribution is 2.54. The van der Waals surface area contributed by atoms with E-state index < -0.39 is 5.60 Å². The van der Waals surface area contributed by atoms with Gasteiger partial charge in [0.25, 0.3) is 5.91 Å². The quantitative estimate of drug-likeness (QED) is 0.636. The topological polar surface area (TPSA) is 76.8 Å². The first kappa shape index (κ1) is 21.2. The second kappa shape index (κ2) is 7.87. The van der Waals surface area contributed by atoms with Gasteiger partial charge in [-0.1, -0.05) is 24.3 Å². The Kier molecular flexibility index (Phi) is 4.92. The Morgan fingerprint density at radius 3 is 2.91 bits per heavy atom. The van der Waals surface area contributed by atoms with Crippen LogP contribution in [0.3, 0.4) is 0 Å². The van der Waals surface area contributed by atoms with Gasteiger partial charge in [0.1, 0.15) is 5.60 Å². The molecule has 0 spiro atoms. The van der Waals surface area contributed by atoms with Crippen LogP contribution < -0.4 is 4.74 Å². The van der Waals surface area contributed by atoms with Crippen LogP contribution in [0.1, 0.15) is 54.3 Å². The number of carbonyl (C=O) groups excluding carboxylic acids is 1. The summed E-state index contributed by atoms with van der Waals surface area (Å²) in [7, 11) is 0. The molecule has 1 aromatic heterocycles. The number of benzene rings is 2. The Morgan fingerprint density at radius 2 is 2.09 bits per heavy atom. The molecule has 3 aliphatic heterocycles. The fourth-order valence-corrected chi connectivity index (χ4v) is 5.90. The van der Waals surface area contributed by atoms with Gasteiger partial charge < -0.3 is 24.0 Å². The Balaban J connectivity index is 1.25. The van der Waals surface area contributed by atoms with E-state index in [1.807, 2.05) is 65.9 Å². The summed E-state index contributed by atoms with van der Waals surface area (Å²) in [6, 6.07) is 13.3. The third kappa shape index (κ3) is 3.46. The Hall–Kier alpha value is -3.32. The number of aromatic hydroxyl groups is 1. The summed E-state index contributed by atoms with van der Waals surface area (Å²) in [5.41, 5.74) is 2.15. The van der Waals surface area contributed by atoms with Crippen LogP contribution in [0.4, 0.5) is 0 Å². The van der Waals surface area contributed by atoms with Crippen LogP contribution in [0.15, 0.2) is 61.2 Å². The predicted octanol–water partition coefficient (Wildman–Crippen LogP) is 4.17. The van der Waals surface area contributed by atoms with Crippen LogP contribution in [0.2, 0.25) is 0 Å². The summed E-state index contributed by atoms with van der Waals surface area (Å²) in [6.07, 6.45) is 6.89. The molecule has 7 heteroatoms. The Morgan fingerprint density at radius 1 is 1.24 bits per heavy atom. The zero-order valence-corrected chi connectivity index (χ0v) is 19.4. The number of imidazole rings is 1. The highest BCUT2D eigenvalue weighted by molar-refractivity contribution is 5.94. The summed E-state index contributed by atoms with van der Waals surface area (Å²) < 4.78 is 14.9. The monoisotopic (exact) mass is 459 g/mol. The number of para-hydroxylation sites is 1. The van der Waals surface area contributed by atoms with Crippen molar-refractivity contribution in [2.24, 2.45) is 5.92 Å². The average molecular weight is 460 g/mol. The molecule has 4 heterocycles. The summed E-state index contributed by atoms with van der Waals surface area (Å²) in [4.78, 5) is 19.7. The van der Waals surface area contributed by atoms with Crippen molar-refractivity contribution >= 4 is 5.91 Å². The van der Waals surface area contributed by atoms with Gasteiger partial charge in [-0.15, -0.1) is 0 Å². The van der Waals surface area contributed by atoms with E-state index in [0.717, 1.165) is 24.0 Å². The molecule has 0 radical (unpaired) electrons. The number of hydrogen-bond acceptors (Lipinski definition) is 5. The molecule has 0 aliphatic carbocycles. The molecular formula is C27H29N3O4. The predicted molar refractivity (Wildman–Crippen MR) is 126 cm³/mol. The van der Waals surface area contributed by atoms with Crippen LogP contribution in [0.25, 0.3) is 0 Å². The van der Waals surface area contributed by atoms with Crippen molar-refractivity contribution in [3.63, 3.8) is 0 Å². The highest BCUT2D eigenvalue weighted by Gasteiger charge is 2.54. The molecule has 2 aromatic carbocycles. The van der Waals surface area contributed by atoms with Gasteiger partial charge in [-0.3, -0.25) is 4.79 Å². The lowest BCUT2D eigenvalue weighted by Crippen LogP contribution is -2.54. The maximum absolute atomic E-state index is 13.6. The van der Waals surface area contributed by atoms with Gasteiger partial charge in [0.2, 0.25) is 0 Å². The Bertz CT molecular complexity index is 1220. The second-order valence-corrected chi connectivity index (χ2v) is 10.1. The van der Waals surface area contributed by atoms with Crippen molar-refractivity contribution in [1.82, 2.24) is 14.5 Å². The molecule has 2 saturated heterocycles. The number of carbonyl (C=O) groups is 1. The normalized spacial score (nSPS) is 26.8. The lowest BCUT2D eigenvalue weighted by molar-refractivity contribution is -0.160. The number of likely N-dealkylation sites (tertiary alicyclic amines) is 1. The molecule has 0 saturated carbocycles. The fourth-order valence-electron chi connectivity index (χ4n) is 5.90. The summed E-state index contributed by atoms with van der Waals surface area (Å²) in [6.45, 7) is 5.44. The zero-order chi connectivity index (χ0) is 23.4. The number of amides is 1. The molecule has 1 amide bonds. The number of phenolic OH excluding ortho intramolecular Hbond substituents is 1. The maximum Gasteiger partial charge on any atom is 0.254 e. The maximum atomic E-state index is 13.6. The van der Waals surface area contributed by atoms with Crippen molar-refractivity contribution in [2.45, 2.75) is 57.1 Å². The Labute approximate surface area is 198 Å².